The fourth-order valence-corrected chi connectivity index (χ4v) is 2.93. The zero-order valence-corrected chi connectivity index (χ0v) is 12.5. The van der Waals surface area contributed by atoms with Crippen molar-refractivity contribution >= 4 is 5.69 Å². The number of rotatable bonds is 4. The highest BCUT2D eigenvalue weighted by Gasteiger charge is 2.22. The van der Waals surface area contributed by atoms with Gasteiger partial charge in [-0.2, -0.15) is 0 Å². The Hall–Kier alpha value is -1.06. The predicted octanol–water partition coefficient (Wildman–Crippen LogP) is 2.11. The van der Waals surface area contributed by atoms with Gasteiger partial charge in [0.05, 0.1) is 0 Å². The van der Waals surface area contributed by atoms with Crippen LogP contribution in [-0.4, -0.2) is 44.2 Å². The molecule has 2 rings (SSSR count). The van der Waals surface area contributed by atoms with E-state index in [9.17, 15) is 0 Å². The standard InChI is InChI=1S/C16H27N3/c1-13(17)11-14-7-4-5-9-16(14)19-10-6-8-15(12-19)18(2)3/h4-5,7,9,13,15H,6,8,10-12,17H2,1-3H3. The monoisotopic (exact) mass is 261 g/mol. The van der Waals surface area contributed by atoms with Crippen molar-refractivity contribution < 1.29 is 0 Å². The molecule has 19 heavy (non-hydrogen) atoms. The highest BCUT2D eigenvalue weighted by molar-refractivity contribution is 5.54. The summed E-state index contributed by atoms with van der Waals surface area (Å²) in [6.07, 6.45) is 3.54. The maximum Gasteiger partial charge on any atom is 0.0399 e. The Morgan fingerprint density at radius 3 is 2.79 bits per heavy atom. The minimum Gasteiger partial charge on any atom is -0.370 e. The Bertz CT molecular complexity index is 401. The number of benzene rings is 1. The lowest BCUT2D eigenvalue weighted by Gasteiger charge is -2.38. The second-order valence-corrected chi connectivity index (χ2v) is 6.02. The van der Waals surface area contributed by atoms with Crippen molar-refractivity contribution in [2.45, 2.75) is 38.3 Å². The van der Waals surface area contributed by atoms with Gasteiger partial charge in [0.15, 0.2) is 0 Å². The van der Waals surface area contributed by atoms with Crippen molar-refractivity contribution in [1.82, 2.24) is 4.90 Å². The molecule has 1 aromatic rings. The Morgan fingerprint density at radius 2 is 2.11 bits per heavy atom. The van der Waals surface area contributed by atoms with E-state index in [1.54, 1.807) is 0 Å². The third-order valence-electron chi connectivity index (χ3n) is 4.00. The number of nitrogens with two attached hydrogens (primary N) is 1. The van der Waals surface area contributed by atoms with Gasteiger partial charge >= 0.3 is 0 Å². The number of para-hydroxylation sites is 1. The molecule has 0 radical (unpaired) electrons. The van der Waals surface area contributed by atoms with Crippen molar-refractivity contribution in [3.05, 3.63) is 29.8 Å². The van der Waals surface area contributed by atoms with Crippen LogP contribution in [0.3, 0.4) is 0 Å². The number of hydrogen-bond donors (Lipinski definition) is 1. The normalized spacial score (nSPS) is 21.7. The molecule has 1 aromatic carbocycles. The first-order valence-electron chi connectivity index (χ1n) is 7.33. The van der Waals surface area contributed by atoms with E-state index in [1.165, 1.54) is 30.6 Å². The van der Waals surface area contributed by atoms with Gasteiger partial charge in [0, 0.05) is 30.9 Å². The van der Waals surface area contributed by atoms with Crippen molar-refractivity contribution in [2.24, 2.45) is 5.73 Å². The molecule has 3 nitrogen and oxygen atoms in total. The minimum absolute atomic E-state index is 0.218. The Balaban J connectivity index is 2.16. The van der Waals surface area contributed by atoms with Crippen LogP contribution in [0.4, 0.5) is 5.69 Å². The molecular formula is C16H27N3. The van der Waals surface area contributed by atoms with Crippen LogP contribution in [0.2, 0.25) is 0 Å². The molecule has 1 saturated heterocycles. The summed E-state index contributed by atoms with van der Waals surface area (Å²) in [6, 6.07) is 9.61. The van der Waals surface area contributed by atoms with Crippen LogP contribution < -0.4 is 10.6 Å². The zero-order chi connectivity index (χ0) is 13.8. The van der Waals surface area contributed by atoms with Crippen molar-refractivity contribution in [3.63, 3.8) is 0 Å². The lowest BCUT2D eigenvalue weighted by atomic mass is 10.00. The molecule has 1 heterocycles. The summed E-state index contributed by atoms with van der Waals surface area (Å²) in [5.41, 5.74) is 8.74. The van der Waals surface area contributed by atoms with Gasteiger partial charge in [-0.1, -0.05) is 18.2 Å². The summed E-state index contributed by atoms with van der Waals surface area (Å²) in [4.78, 5) is 4.88. The van der Waals surface area contributed by atoms with E-state index >= 15 is 0 Å². The number of nitrogens with zero attached hydrogens (tertiary/aromatic N) is 2. The number of hydrogen-bond acceptors (Lipinski definition) is 3. The number of likely N-dealkylation sites (N-methyl/N-ethyl adjacent to an activating group) is 1. The lowest BCUT2D eigenvalue weighted by molar-refractivity contribution is 0.258. The van der Waals surface area contributed by atoms with Crippen molar-refractivity contribution in [1.29, 1.82) is 0 Å². The highest BCUT2D eigenvalue weighted by atomic mass is 15.2. The largest absolute Gasteiger partial charge is 0.370 e. The third kappa shape index (κ3) is 3.71. The number of piperidine rings is 1. The van der Waals surface area contributed by atoms with Gasteiger partial charge in [-0.05, 0) is 51.9 Å². The molecule has 2 atom stereocenters. The minimum atomic E-state index is 0.218. The van der Waals surface area contributed by atoms with E-state index in [0.717, 1.165) is 13.0 Å². The molecule has 106 valence electrons. The Kier molecular flexibility index (Phi) is 4.83. The second-order valence-electron chi connectivity index (χ2n) is 6.02. The molecular weight excluding hydrogens is 234 g/mol. The second kappa shape index (κ2) is 6.40. The molecule has 0 amide bonds. The van der Waals surface area contributed by atoms with Crippen LogP contribution in [-0.2, 0) is 6.42 Å². The molecule has 0 aliphatic carbocycles. The molecule has 1 aliphatic heterocycles. The van der Waals surface area contributed by atoms with Crippen LogP contribution in [0.1, 0.15) is 25.3 Å². The molecule has 2 unspecified atom stereocenters. The van der Waals surface area contributed by atoms with Crippen LogP contribution in [0.15, 0.2) is 24.3 Å². The SMILES string of the molecule is CC(N)Cc1ccccc1N1CCCC(N(C)C)C1. The number of anilines is 1. The van der Waals surface area contributed by atoms with Gasteiger partial charge in [-0.25, -0.2) is 0 Å². The summed E-state index contributed by atoms with van der Waals surface area (Å²) >= 11 is 0. The maximum atomic E-state index is 5.97. The Labute approximate surface area is 117 Å². The quantitative estimate of drug-likeness (QED) is 0.901. The summed E-state index contributed by atoms with van der Waals surface area (Å²) in [7, 11) is 4.37. The molecule has 3 heteroatoms. The molecule has 2 N–H and O–H groups in total. The first kappa shape index (κ1) is 14.4. The van der Waals surface area contributed by atoms with Crippen LogP contribution in [0.25, 0.3) is 0 Å². The summed E-state index contributed by atoms with van der Waals surface area (Å²) in [6.45, 7) is 4.37. The van der Waals surface area contributed by atoms with Gasteiger partial charge in [0.2, 0.25) is 0 Å². The van der Waals surface area contributed by atoms with Gasteiger partial charge < -0.3 is 15.5 Å². The van der Waals surface area contributed by atoms with E-state index in [4.69, 9.17) is 5.73 Å². The summed E-state index contributed by atoms with van der Waals surface area (Å²) in [5, 5.41) is 0. The maximum absolute atomic E-state index is 5.97. The van der Waals surface area contributed by atoms with E-state index in [-0.39, 0.29) is 6.04 Å². The topological polar surface area (TPSA) is 32.5 Å². The summed E-state index contributed by atoms with van der Waals surface area (Å²) in [5.74, 6) is 0. The highest BCUT2D eigenvalue weighted by Crippen LogP contribution is 2.26. The van der Waals surface area contributed by atoms with E-state index in [0.29, 0.717) is 6.04 Å². The fourth-order valence-electron chi connectivity index (χ4n) is 2.93. The predicted molar refractivity (Wildman–Crippen MR) is 82.7 cm³/mol. The van der Waals surface area contributed by atoms with Crippen molar-refractivity contribution in [2.75, 3.05) is 32.1 Å². The summed E-state index contributed by atoms with van der Waals surface area (Å²) < 4.78 is 0. The first-order chi connectivity index (χ1) is 9.08. The van der Waals surface area contributed by atoms with E-state index in [1.807, 2.05) is 0 Å². The first-order valence-corrected chi connectivity index (χ1v) is 7.33. The van der Waals surface area contributed by atoms with Crippen LogP contribution in [0.5, 0.6) is 0 Å². The molecule has 1 aliphatic rings. The van der Waals surface area contributed by atoms with Gasteiger partial charge in [0.25, 0.3) is 0 Å². The average Bonchev–Trinajstić information content (AvgIpc) is 2.39. The molecule has 0 aromatic heterocycles. The van der Waals surface area contributed by atoms with Crippen LogP contribution in [0, 0.1) is 0 Å². The van der Waals surface area contributed by atoms with Gasteiger partial charge in [-0.3, -0.25) is 0 Å². The lowest BCUT2D eigenvalue weighted by Crippen LogP contribution is -2.45. The smallest absolute Gasteiger partial charge is 0.0399 e. The fraction of sp³-hybridized carbons (Fsp3) is 0.625. The zero-order valence-electron chi connectivity index (χ0n) is 12.5. The molecule has 1 fully saturated rings. The van der Waals surface area contributed by atoms with E-state index < -0.39 is 0 Å². The third-order valence-corrected chi connectivity index (χ3v) is 4.00. The van der Waals surface area contributed by atoms with Crippen LogP contribution >= 0.6 is 0 Å². The van der Waals surface area contributed by atoms with E-state index in [2.05, 4.69) is 55.1 Å². The van der Waals surface area contributed by atoms with Crippen molar-refractivity contribution in [3.8, 4) is 0 Å². The van der Waals surface area contributed by atoms with Gasteiger partial charge in [-0.15, -0.1) is 0 Å². The molecule has 0 bridgehead atoms. The molecule has 0 saturated carbocycles. The van der Waals surface area contributed by atoms with Gasteiger partial charge in [0.1, 0.15) is 0 Å². The average molecular weight is 261 g/mol. The Morgan fingerprint density at radius 1 is 1.37 bits per heavy atom. The molecule has 0 spiro atoms.